The summed E-state index contributed by atoms with van der Waals surface area (Å²) in [6, 6.07) is 5.09. The molecule has 2 saturated carbocycles. The maximum atomic E-state index is 12.3. The molecular formula is C18H24N2O3. The van der Waals surface area contributed by atoms with E-state index in [1.165, 1.54) is 25.7 Å². The van der Waals surface area contributed by atoms with Gasteiger partial charge in [0.15, 0.2) is 11.5 Å². The van der Waals surface area contributed by atoms with E-state index in [1.807, 2.05) is 6.92 Å². The van der Waals surface area contributed by atoms with Crippen LogP contribution in [0.5, 0.6) is 11.5 Å². The standard InChI is InChI=1S/C18H24N2O3/c1-11(15-9-12-4-5-13(15)8-12)19-20-18(21)14-6-7-16(22-2)17(10-14)23-3/h6-7,10,12-13,15H,4-5,8-9H2,1-3H3,(H,20,21)/b19-11+/t12-,13-,15-/m1/s1. The van der Waals surface area contributed by atoms with Gasteiger partial charge in [-0.15, -0.1) is 0 Å². The van der Waals surface area contributed by atoms with Crippen molar-refractivity contribution in [3.8, 4) is 11.5 Å². The van der Waals surface area contributed by atoms with E-state index in [0.29, 0.717) is 23.0 Å². The van der Waals surface area contributed by atoms with Crippen molar-refractivity contribution in [1.82, 2.24) is 5.43 Å². The van der Waals surface area contributed by atoms with E-state index in [9.17, 15) is 4.79 Å². The molecule has 0 saturated heterocycles. The predicted molar refractivity (Wildman–Crippen MR) is 89.1 cm³/mol. The van der Waals surface area contributed by atoms with Crippen LogP contribution in [-0.4, -0.2) is 25.8 Å². The van der Waals surface area contributed by atoms with Crippen molar-refractivity contribution in [2.24, 2.45) is 22.9 Å². The highest BCUT2D eigenvalue weighted by Crippen LogP contribution is 2.48. The summed E-state index contributed by atoms with van der Waals surface area (Å²) in [7, 11) is 3.12. The summed E-state index contributed by atoms with van der Waals surface area (Å²) in [5.74, 6) is 3.09. The molecule has 0 unspecified atom stereocenters. The lowest BCUT2D eigenvalue weighted by Crippen LogP contribution is -2.24. The van der Waals surface area contributed by atoms with Crippen molar-refractivity contribution in [3.63, 3.8) is 0 Å². The Hall–Kier alpha value is -2.04. The Morgan fingerprint density at radius 3 is 2.57 bits per heavy atom. The highest BCUT2D eigenvalue weighted by Gasteiger charge is 2.40. The summed E-state index contributed by atoms with van der Waals surface area (Å²) >= 11 is 0. The molecule has 1 aromatic rings. The monoisotopic (exact) mass is 316 g/mol. The second kappa shape index (κ2) is 6.60. The van der Waals surface area contributed by atoms with Crippen molar-refractivity contribution in [2.75, 3.05) is 14.2 Å². The molecule has 2 bridgehead atoms. The Morgan fingerprint density at radius 2 is 1.96 bits per heavy atom. The van der Waals surface area contributed by atoms with Gasteiger partial charge in [0.1, 0.15) is 0 Å². The van der Waals surface area contributed by atoms with Gasteiger partial charge in [-0.25, -0.2) is 5.43 Å². The quantitative estimate of drug-likeness (QED) is 0.670. The molecule has 23 heavy (non-hydrogen) atoms. The highest BCUT2D eigenvalue weighted by molar-refractivity contribution is 5.96. The van der Waals surface area contributed by atoms with Crippen LogP contribution in [0, 0.1) is 17.8 Å². The molecule has 0 heterocycles. The number of hydrogen-bond donors (Lipinski definition) is 1. The molecule has 1 aromatic carbocycles. The number of amides is 1. The second-order valence-electron chi connectivity index (χ2n) is 6.55. The molecule has 3 rings (SSSR count). The summed E-state index contributed by atoms with van der Waals surface area (Å²) in [6.45, 7) is 2.03. The van der Waals surface area contributed by atoms with Crippen molar-refractivity contribution >= 4 is 11.6 Å². The van der Waals surface area contributed by atoms with Crippen LogP contribution in [0.3, 0.4) is 0 Å². The molecular weight excluding hydrogens is 292 g/mol. The maximum absolute atomic E-state index is 12.3. The van der Waals surface area contributed by atoms with Crippen molar-refractivity contribution < 1.29 is 14.3 Å². The van der Waals surface area contributed by atoms with E-state index in [2.05, 4.69) is 10.5 Å². The van der Waals surface area contributed by atoms with Crippen LogP contribution in [0.1, 0.15) is 43.0 Å². The van der Waals surface area contributed by atoms with Gasteiger partial charge >= 0.3 is 0 Å². The first-order valence-corrected chi connectivity index (χ1v) is 8.19. The molecule has 2 aliphatic rings. The third-order valence-corrected chi connectivity index (χ3v) is 5.25. The Kier molecular flexibility index (Phi) is 4.55. The molecule has 0 radical (unpaired) electrons. The summed E-state index contributed by atoms with van der Waals surface area (Å²) in [6.07, 6.45) is 5.24. The average Bonchev–Trinajstić information content (AvgIpc) is 3.21. The predicted octanol–water partition coefficient (Wildman–Crippen LogP) is 3.25. The van der Waals surface area contributed by atoms with Gasteiger partial charge in [-0.3, -0.25) is 4.79 Å². The number of ether oxygens (including phenoxy) is 2. The van der Waals surface area contributed by atoms with Crippen LogP contribution in [0.15, 0.2) is 23.3 Å². The Labute approximate surface area is 137 Å². The summed E-state index contributed by atoms with van der Waals surface area (Å²) < 4.78 is 10.4. The number of hydrogen-bond acceptors (Lipinski definition) is 4. The topological polar surface area (TPSA) is 59.9 Å². The van der Waals surface area contributed by atoms with Crippen LogP contribution in [-0.2, 0) is 0 Å². The van der Waals surface area contributed by atoms with Crippen LogP contribution in [0.2, 0.25) is 0 Å². The zero-order valence-electron chi connectivity index (χ0n) is 14.0. The Bertz CT molecular complexity index is 627. The van der Waals surface area contributed by atoms with E-state index < -0.39 is 0 Å². The third-order valence-electron chi connectivity index (χ3n) is 5.25. The fraction of sp³-hybridized carbons (Fsp3) is 0.556. The van der Waals surface area contributed by atoms with Gasteiger partial charge < -0.3 is 9.47 Å². The third kappa shape index (κ3) is 3.19. The molecule has 2 aliphatic carbocycles. The lowest BCUT2D eigenvalue weighted by Gasteiger charge is -2.21. The first-order chi connectivity index (χ1) is 11.1. The lowest BCUT2D eigenvalue weighted by molar-refractivity contribution is 0.0954. The fourth-order valence-corrected chi connectivity index (χ4v) is 4.02. The molecule has 5 heteroatoms. The maximum Gasteiger partial charge on any atom is 0.271 e. The van der Waals surface area contributed by atoms with Crippen LogP contribution in [0.25, 0.3) is 0 Å². The second-order valence-corrected chi connectivity index (χ2v) is 6.55. The van der Waals surface area contributed by atoms with Crippen molar-refractivity contribution in [2.45, 2.75) is 32.6 Å². The molecule has 5 nitrogen and oxygen atoms in total. The van der Waals surface area contributed by atoms with Gasteiger partial charge in [0, 0.05) is 17.2 Å². The number of benzene rings is 1. The van der Waals surface area contributed by atoms with E-state index in [1.54, 1.807) is 32.4 Å². The Morgan fingerprint density at radius 1 is 1.17 bits per heavy atom. The van der Waals surface area contributed by atoms with Crippen LogP contribution < -0.4 is 14.9 Å². The number of rotatable bonds is 5. The van der Waals surface area contributed by atoms with E-state index in [4.69, 9.17) is 9.47 Å². The fourth-order valence-electron chi connectivity index (χ4n) is 4.02. The summed E-state index contributed by atoms with van der Waals surface area (Å²) in [5.41, 5.74) is 4.23. The van der Waals surface area contributed by atoms with Crippen LogP contribution in [0.4, 0.5) is 0 Å². The van der Waals surface area contributed by atoms with E-state index in [-0.39, 0.29) is 5.91 Å². The minimum atomic E-state index is -0.228. The zero-order valence-corrected chi connectivity index (χ0v) is 14.0. The zero-order chi connectivity index (χ0) is 16.4. The summed E-state index contributed by atoms with van der Waals surface area (Å²) in [4.78, 5) is 12.3. The molecule has 1 N–H and O–H groups in total. The average molecular weight is 316 g/mol. The van der Waals surface area contributed by atoms with Gasteiger partial charge in [-0.1, -0.05) is 6.42 Å². The molecule has 0 aliphatic heterocycles. The molecule has 2 fully saturated rings. The number of methoxy groups -OCH3 is 2. The smallest absolute Gasteiger partial charge is 0.271 e. The van der Waals surface area contributed by atoms with Crippen LogP contribution >= 0.6 is 0 Å². The lowest BCUT2D eigenvalue weighted by atomic mass is 9.86. The number of nitrogens with one attached hydrogen (secondary N) is 1. The molecule has 124 valence electrons. The van der Waals surface area contributed by atoms with Crippen molar-refractivity contribution in [3.05, 3.63) is 23.8 Å². The Balaban J connectivity index is 1.66. The minimum Gasteiger partial charge on any atom is -0.493 e. The number of carbonyl (C=O) groups excluding carboxylic acids is 1. The minimum absolute atomic E-state index is 0.228. The molecule has 0 spiro atoms. The summed E-state index contributed by atoms with van der Waals surface area (Å²) in [5, 5.41) is 4.34. The number of hydrazone groups is 1. The van der Waals surface area contributed by atoms with E-state index in [0.717, 1.165) is 17.5 Å². The molecule has 3 atom stereocenters. The normalized spacial score (nSPS) is 26.2. The number of carbonyl (C=O) groups is 1. The largest absolute Gasteiger partial charge is 0.493 e. The van der Waals surface area contributed by atoms with Gasteiger partial charge in [0.25, 0.3) is 5.91 Å². The first kappa shape index (κ1) is 15.8. The molecule has 0 aromatic heterocycles. The van der Waals surface area contributed by atoms with Gasteiger partial charge in [0.05, 0.1) is 14.2 Å². The molecule has 1 amide bonds. The van der Waals surface area contributed by atoms with Gasteiger partial charge in [-0.2, -0.15) is 5.10 Å². The van der Waals surface area contributed by atoms with E-state index >= 15 is 0 Å². The SMILES string of the molecule is COc1ccc(C(=O)N/N=C(\C)[C@H]2C[C@@H]3CC[C@@H]2C3)cc1OC. The van der Waals surface area contributed by atoms with Gasteiger partial charge in [-0.05, 0) is 56.2 Å². The number of nitrogens with zero attached hydrogens (tertiary/aromatic N) is 1. The van der Waals surface area contributed by atoms with Crippen molar-refractivity contribution in [1.29, 1.82) is 0 Å². The van der Waals surface area contributed by atoms with Gasteiger partial charge in [0.2, 0.25) is 0 Å². The highest BCUT2D eigenvalue weighted by atomic mass is 16.5. The number of fused-ring (bicyclic) bond motifs is 2. The first-order valence-electron chi connectivity index (χ1n) is 8.19.